The standard InChI is InChI=1S/C14H21FO2S/c1-3-5-6-12(4-2)11-18(16,17)14-9-7-13(15)8-10-14/h7-10,12H,3-6,11H2,1-2H3. The van der Waals surface area contributed by atoms with Crippen LogP contribution in [-0.2, 0) is 9.84 Å². The third kappa shape index (κ3) is 4.41. The van der Waals surface area contributed by atoms with Gasteiger partial charge < -0.3 is 0 Å². The summed E-state index contributed by atoms with van der Waals surface area (Å²) in [5, 5.41) is 0. The van der Waals surface area contributed by atoms with Crippen LogP contribution in [0.15, 0.2) is 29.2 Å². The first-order valence-electron chi connectivity index (χ1n) is 6.48. The molecule has 0 aliphatic heterocycles. The van der Waals surface area contributed by atoms with Crippen molar-refractivity contribution in [2.75, 3.05) is 5.75 Å². The van der Waals surface area contributed by atoms with Crippen LogP contribution in [0.2, 0.25) is 0 Å². The van der Waals surface area contributed by atoms with Gasteiger partial charge in [0.1, 0.15) is 5.82 Å². The smallest absolute Gasteiger partial charge is 0.178 e. The molecule has 0 fully saturated rings. The predicted molar refractivity (Wildman–Crippen MR) is 71.8 cm³/mol. The molecule has 0 spiro atoms. The average molecular weight is 272 g/mol. The van der Waals surface area contributed by atoms with Crippen LogP contribution in [0.1, 0.15) is 39.5 Å². The fourth-order valence-corrected chi connectivity index (χ4v) is 3.71. The van der Waals surface area contributed by atoms with E-state index in [0.717, 1.165) is 25.7 Å². The Morgan fingerprint density at radius 1 is 1.17 bits per heavy atom. The zero-order valence-electron chi connectivity index (χ0n) is 11.0. The second-order valence-electron chi connectivity index (χ2n) is 4.65. The molecule has 18 heavy (non-hydrogen) atoms. The predicted octanol–water partition coefficient (Wildman–Crippen LogP) is 3.82. The van der Waals surface area contributed by atoms with Gasteiger partial charge in [0.2, 0.25) is 0 Å². The maximum Gasteiger partial charge on any atom is 0.178 e. The monoisotopic (exact) mass is 272 g/mol. The molecular formula is C14H21FO2S. The van der Waals surface area contributed by atoms with Crippen LogP contribution in [0, 0.1) is 11.7 Å². The second-order valence-corrected chi connectivity index (χ2v) is 6.69. The minimum Gasteiger partial charge on any atom is -0.224 e. The zero-order chi connectivity index (χ0) is 13.6. The number of rotatable bonds is 7. The number of hydrogen-bond acceptors (Lipinski definition) is 2. The molecule has 0 saturated heterocycles. The summed E-state index contributed by atoms with van der Waals surface area (Å²) in [6, 6.07) is 5.08. The van der Waals surface area contributed by atoms with Crippen molar-refractivity contribution in [1.29, 1.82) is 0 Å². The second kappa shape index (κ2) is 6.88. The molecule has 0 saturated carbocycles. The molecule has 1 aromatic carbocycles. The lowest BCUT2D eigenvalue weighted by molar-refractivity contribution is 0.483. The van der Waals surface area contributed by atoms with E-state index in [-0.39, 0.29) is 16.6 Å². The van der Waals surface area contributed by atoms with E-state index in [1.807, 2.05) is 6.92 Å². The zero-order valence-corrected chi connectivity index (χ0v) is 11.8. The van der Waals surface area contributed by atoms with Crippen LogP contribution in [0.4, 0.5) is 4.39 Å². The average Bonchev–Trinajstić information content (AvgIpc) is 2.35. The fraction of sp³-hybridized carbons (Fsp3) is 0.571. The molecule has 2 nitrogen and oxygen atoms in total. The number of sulfone groups is 1. The topological polar surface area (TPSA) is 34.1 Å². The maximum atomic E-state index is 12.8. The van der Waals surface area contributed by atoms with Crippen molar-refractivity contribution in [1.82, 2.24) is 0 Å². The molecule has 0 radical (unpaired) electrons. The van der Waals surface area contributed by atoms with E-state index in [4.69, 9.17) is 0 Å². The lowest BCUT2D eigenvalue weighted by Gasteiger charge is -2.14. The minimum absolute atomic E-state index is 0.162. The van der Waals surface area contributed by atoms with Crippen molar-refractivity contribution in [3.05, 3.63) is 30.1 Å². The number of benzene rings is 1. The lowest BCUT2D eigenvalue weighted by atomic mass is 10.0. The first-order valence-corrected chi connectivity index (χ1v) is 8.13. The van der Waals surface area contributed by atoms with Gasteiger partial charge in [-0.25, -0.2) is 12.8 Å². The van der Waals surface area contributed by atoms with Gasteiger partial charge in [-0.3, -0.25) is 0 Å². The molecule has 0 aliphatic rings. The van der Waals surface area contributed by atoms with E-state index in [0.29, 0.717) is 0 Å². The highest BCUT2D eigenvalue weighted by atomic mass is 32.2. The molecule has 4 heteroatoms. The van der Waals surface area contributed by atoms with Gasteiger partial charge >= 0.3 is 0 Å². The van der Waals surface area contributed by atoms with Crippen molar-refractivity contribution in [2.24, 2.45) is 5.92 Å². The summed E-state index contributed by atoms with van der Waals surface area (Å²) in [6.07, 6.45) is 3.93. The fourth-order valence-electron chi connectivity index (χ4n) is 1.95. The molecule has 1 unspecified atom stereocenters. The molecule has 1 aromatic rings. The van der Waals surface area contributed by atoms with Gasteiger partial charge in [0.25, 0.3) is 0 Å². The Morgan fingerprint density at radius 2 is 1.78 bits per heavy atom. The van der Waals surface area contributed by atoms with Crippen LogP contribution in [0.3, 0.4) is 0 Å². The molecule has 0 aliphatic carbocycles. The van der Waals surface area contributed by atoms with E-state index < -0.39 is 15.7 Å². The molecule has 1 atom stereocenters. The Morgan fingerprint density at radius 3 is 2.28 bits per heavy atom. The Bertz CT molecular complexity index is 451. The van der Waals surface area contributed by atoms with Gasteiger partial charge in [-0.05, 0) is 36.6 Å². The third-order valence-corrected chi connectivity index (χ3v) is 5.07. The first-order chi connectivity index (χ1) is 8.49. The van der Waals surface area contributed by atoms with Crippen LogP contribution in [-0.4, -0.2) is 14.2 Å². The van der Waals surface area contributed by atoms with Crippen LogP contribution < -0.4 is 0 Å². The molecule has 0 bridgehead atoms. The molecule has 0 aromatic heterocycles. The van der Waals surface area contributed by atoms with Gasteiger partial charge in [-0.1, -0.05) is 33.1 Å². The van der Waals surface area contributed by atoms with Crippen LogP contribution >= 0.6 is 0 Å². The SMILES string of the molecule is CCCCC(CC)CS(=O)(=O)c1ccc(F)cc1. The van der Waals surface area contributed by atoms with Crippen molar-refractivity contribution < 1.29 is 12.8 Å². The Labute approximate surface area is 109 Å². The molecule has 0 amide bonds. The summed E-state index contributed by atoms with van der Waals surface area (Å²) in [4.78, 5) is 0.221. The Kier molecular flexibility index (Phi) is 5.79. The molecular weight excluding hydrogens is 251 g/mol. The van der Waals surface area contributed by atoms with Crippen molar-refractivity contribution in [3.63, 3.8) is 0 Å². The molecule has 102 valence electrons. The Balaban J connectivity index is 2.77. The first kappa shape index (κ1) is 15.2. The highest BCUT2D eigenvalue weighted by Crippen LogP contribution is 2.20. The molecule has 0 heterocycles. The van der Waals surface area contributed by atoms with Crippen LogP contribution in [0.25, 0.3) is 0 Å². The summed E-state index contributed by atoms with van der Waals surface area (Å²) in [7, 11) is -3.29. The van der Waals surface area contributed by atoms with E-state index in [1.165, 1.54) is 24.3 Å². The number of hydrogen-bond donors (Lipinski definition) is 0. The third-order valence-electron chi connectivity index (χ3n) is 3.17. The van der Waals surface area contributed by atoms with E-state index in [9.17, 15) is 12.8 Å². The molecule has 1 rings (SSSR count). The van der Waals surface area contributed by atoms with E-state index in [2.05, 4.69) is 6.92 Å². The van der Waals surface area contributed by atoms with Gasteiger partial charge in [-0.15, -0.1) is 0 Å². The van der Waals surface area contributed by atoms with Gasteiger partial charge in [0.05, 0.1) is 10.6 Å². The highest BCUT2D eigenvalue weighted by molar-refractivity contribution is 7.91. The highest BCUT2D eigenvalue weighted by Gasteiger charge is 2.19. The summed E-state index contributed by atoms with van der Waals surface area (Å²) in [6.45, 7) is 4.11. The van der Waals surface area contributed by atoms with Crippen molar-refractivity contribution in [2.45, 2.75) is 44.4 Å². The maximum absolute atomic E-state index is 12.8. The quantitative estimate of drug-likeness (QED) is 0.707. The summed E-state index contributed by atoms with van der Waals surface area (Å²) in [5.74, 6) is -0.0539. The normalized spacial score (nSPS) is 13.5. The van der Waals surface area contributed by atoms with E-state index in [1.54, 1.807) is 0 Å². The minimum atomic E-state index is -3.29. The van der Waals surface area contributed by atoms with Gasteiger partial charge in [0, 0.05) is 0 Å². The van der Waals surface area contributed by atoms with Gasteiger partial charge in [0.15, 0.2) is 9.84 Å². The van der Waals surface area contributed by atoms with Gasteiger partial charge in [-0.2, -0.15) is 0 Å². The number of unbranched alkanes of at least 4 members (excludes halogenated alkanes) is 1. The van der Waals surface area contributed by atoms with E-state index >= 15 is 0 Å². The Hall–Kier alpha value is -0.900. The lowest BCUT2D eigenvalue weighted by Crippen LogP contribution is -2.16. The number of halogens is 1. The summed E-state index contributed by atoms with van der Waals surface area (Å²) in [5.41, 5.74) is 0. The van der Waals surface area contributed by atoms with Crippen LogP contribution in [0.5, 0.6) is 0 Å². The summed E-state index contributed by atoms with van der Waals surface area (Å²) >= 11 is 0. The van der Waals surface area contributed by atoms with Crippen molar-refractivity contribution in [3.8, 4) is 0 Å². The molecule has 0 N–H and O–H groups in total. The van der Waals surface area contributed by atoms with Crippen molar-refractivity contribution >= 4 is 9.84 Å². The largest absolute Gasteiger partial charge is 0.224 e. The summed E-state index contributed by atoms with van der Waals surface area (Å²) < 4.78 is 37.1.